The molecule has 0 saturated carbocycles. The molecule has 86 valence electrons. The Hall–Kier alpha value is -1.75. The van der Waals surface area contributed by atoms with Gasteiger partial charge in [-0.15, -0.1) is 0 Å². The monoisotopic (exact) mass is 291 g/mol. The number of H-pyrrole nitrogens is 1. The fourth-order valence-corrected chi connectivity index (χ4v) is 2.39. The maximum Gasteiger partial charge on any atom is 0.171 e. The molecule has 0 aliphatic rings. The summed E-state index contributed by atoms with van der Waals surface area (Å²) in [5.74, 6) is 1.08. The van der Waals surface area contributed by atoms with Gasteiger partial charge in [0.1, 0.15) is 0 Å². The average molecular weight is 292 g/mol. The summed E-state index contributed by atoms with van der Waals surface area (Å²) in [6, 6.07) is 7.80. The van der Waals surface area contributed by atoms with Crippen molar-refractivity contribution in [1.29, 1.82) is 0 Å². The molecule has 3 N–H and O–H groups in total. The summed E-state index contributed by atoms with van der Waals surface area (Å²) in [7, 11) is 0. The Balaban J connectivity index is 2.32. The van der Waals surface area contributed by atoms with E-state index in [0.29, 0.717) is 11.6 Å². The molecule has 2 aromatic heterocycles. The maximum absolute atomic E-state index is 5.58. The van der Waals surface area contributed by atoms with Gasteiger partial charge in [0.2, 0.25) is 0 Å². The molecule has 5 heteroatoms. The van der Waals surface area contributed by atoms with E-state index in [-0.39, 0.29) is 0 Å². The fourth-order valence-electron chi connectivity index (χ4n) is 2.03. The number of benzene rings is 1. The van der Waals surface area contributed by atoms with E-state index in [1.165, 1.54) is 0 Å². The number of aromatic nitrogens is 2. The first kappa shape index (κ1) is 10.4. The second kappa shape index (κ2) is 3.63. The second-order valence-corrected chi connectivity index (χ2v) is 4.85. The Morgan fingerprint density at radius 2 is 2.18 bits per heavy atom. The molecule has 17 heavy (non-hydrogen) atoms. The van der Waals surface area contributed by atoms with Gasteiger partial charge in [0.25, 0.3) is 0 Å². The summed E-state index contributed by atoms with van der Waals surface area (Å²) in [4.78, 5) is 3.32. The minimum absolute atomic E-state index is 0.394. The Morgan fingerprint density at radius 1 is 1.35 bits per heavy atom. The van der Waals surface area contributed by atoms with Crippen LogP contribution in [0, 0.1) is 6.92 Å². The molecule has 3 rings (SSSR count). The van der Waals surface area contributed by atoms with Crippen LogP contribution in [0.2, 0.25) is 0 Å². The number of hydrogen-bond acceptors (Lipinski definition) is 3. The van der Waals surface area contributed by atoms with E-state index < -0.39 is 0 Å². The first-order chi connectivity index (χ1) is 8.15. The molecule has 0 radical (unpaired) electrons. The average Bonchev–Trinajstić information content (AvgIpc) is 2.80. The van der Waals surface area contributed by atoms with Crippen molar-refractivity contribution in [3.63, 3.8) is 0 Å². The zero-order chi connectivity index (χ0) is 12.0. The van der Waals surface area contributed by atoms with E-state index in [1.807, 2.05) is 25.1 Å². The van der Waals surface area contributed by atoms with Crippen LogP contribution in [0.25, 0.3) is 22.2 Å². The summed E-state index contributed by atoms with van der Waals surface area (Å²) in [5, 5.41) is 4.82. The summed E-state index contributed by atoms with van der Waals surface area (Å²) >= 11 is 3.45. The second-order valence-electron chi connectivity index (χ2n) is 3.93. The number of halogens is 1. The zero-order valence-corrected chi connectivity index (χ0v) is 10.7. The highest BCUT2D eigenvalue weighted by Gasteiger charge is 2.14. The molecule has 1 aromatic carbocycles. The van der Waals surface area contributed by atoms with Gasteiger partial charge >= 0.3 is 0 Å². The van der Waals surface area contributed by atoms with E-state index in [2.05, 4.69) is 26.1 Å². The van der Waals surface area contributed by atoms with Crippen LogP contribution in [-0.4, -0.2) is 10.1 Å². The maximum atomic E-state index is 5.58. The predicted octanol–water partition coefficient (Wildman–Crippen LogP) is 3.48. The van der Waals surface area contributed by atoms with Crippen LogP contribution in [0.4, 0.5) is 5.82 Å². The number of aryl methyl sites for hydroxylation is 1. The molecule has 0 atom stereocenters. The molecule has 0 amide bonds. The third-order valence-electron chi connectivity index (χ3n) is 2.72. The smallest absolute Gasteiger partial charge is 0.171 e. The van der Waals surface area contributed by atoms with Crippen LogP contribution < -0.4 is 5.73 Å². The molecule has 0 spiro atoms. The van der Waals surface area contributed by atoms with Crippen molar-refractivity contribution >= 4 is 32.7 Å². The third-order valence-corrected chi connectivity index (χ3v) is 3.22. The number of nitrogens with two attached hydrogens (primary N) is 1. The van der Waals surface area contributed by atoms with E-state index in [1.54, 1.807) is 6.07 Å². The number of nitrogens with one attached hydrogen (secondary N) is 1. The van der Waals surface area contributed by atoms with Gasteiger partial charge in [0, 0.05) is 32.7 Å². The van der Waals surface area contributed by atoms with Gasteiger partial charge in [0.15, 0.2) is 11.6 Å². The number of anilines is 1. The van der Waals surface area contributed by atoms with Crippen molar-refractivity contribution in [2.75, 3.05) is 5.73 Å². The van der Waals surface area contributed by atoms with Gasteiger partial charge in [0.05, 0.1) is 0 Å². The molecule has 4 nitrogen and oxygen atoms in total. The summed E-state index contributed by atoms with van der Waals surface area (Å²) in [6.07, 6.45) is 0. The van der Waals surface area contributed by atoms with Crippen LogP contribution in [-0.2, 0) is 0 Å². The quantitative estimate of drug-likeness (QED) is 0.721. The van der Waals surface area contributed by atoms with Gasteiger partial charge in [-0.2, -0.15) is 0 Å². The molecular weight excluding hydrogens is 282 g/mol. The Kier molecular flexibility index (Phi) is 2.22. The van der Waals surface area contributed by atoms with E-state index in [4.69, 9.17) is 10.3 Å². The molecule has 0 fully saturated rings. The van der Waals surface area contributed by atoms with Crippen molar-refractivity contribution in [1.82, 2.24) is 10.1 Å². The minimum atomic E-state index is 0.394. The highest BCUT2D eigenvalue weighted by molar-refractivity contribution is 9.10. The van der Waals surface area contributed by atoms with Gasteiger partial charge in [-0.1, -0.05) is 27.2 Å². The first-order valence-corrected chi connectivity index (χ1v) is 5.95. The van der Waals surface area contributed by atoms with Crippen molar-refractivity contribution in [3.05, 3.63) is 34.4 Å². The standard InChI is InChI=1S/C12H10BrN3O/c1-6-12(10-5-11(14)16-17-10)8-3-2-7(13)4-9(8)15-6/h2-5,15H,1H3,(H2,14,16). The summed E-state index contributed by atoms with van der Waals surface area (Å²) in [6.45, 7) is 2.00. The molecule has 0 bridgehead atoms. The van der Waals surface area contributed by atoms with Gasteiger partial charge in [-0.05, 0) is 19.1 Å². The number of nitrogens with zero attached hydrogens (tertiary/aromatic N) is 1. The van der Waals surface area contributed by atoms with Crippen molar-refractivity contribution in [2.45, 2.75) is 6.92 Å². The fraction of sp³-hybridized carbons (Fsp3) is 0.0833. The van der Waals surface area contributed by atoms with Gasteiger partial charge in [-0.25, -0.2) is 0 Å². The van der Waals surface area contributed by atoms with E-state index in [0.717, 1.165) is 26.6 Å². The number of nitrogen functional groups attached to an aromatic ring is 1. The number of aromatic amines is 1. The topological polar surface area (TPSA) is 67.8 Å². The highest BCUT2D eigenvalue weighted by Crippen LogP contribution is 2.33. The van der Waals surface area contributed by atoms with Crippen LogP contribution in [0.15, 0.2) is 33.3 Å². The lowest BCUT2D eigenvalue weighted by Crippen LogP contribution is -1.80. The minimum Gasteiger partial charge on any atom is -0.381 e. The molecule has 3 aromatic rings. The number of rotatable bonds is 1. The zero-order valence-electron chi connectivity index (χ0n) is 9.12. The van der Waals surface area contributed by atoms with Crippen LogP contribution in [0.5, 0.6) is 0 Å². The molecule has 2 heterocycles. The van der Waals surface area contributed by atoms with Gasteiger partial charge < -0.3 is 15.2 Å². The Morgan fingerprint density at radius 3 is 2.88 bits per heavy atom. The highest BCUT2D eigenvalue weighted by atomic mass is 79.9. The van der Waals surface area contributed by atoms with E-state index >= 15 is 0 Å². The molecule has 0 aliphatic carbocycles. The number of hydrogen-bond donors (Lipinski definition) is 2. The van der Waals surface area contributed by atoms with Crippen molar-refractivity contribution < 1.29 is 4.52 Å². The molecule has 0 aliphatic heterocycles. The van der Waals surface area contributed by atoms with E-state index in [9.17, 15) is 0 Å². The van der Waals surface area contributed by atoms with Crippen LogP contribution in [0.3, 0.4) is 0 Å². The first-order valence-electron chi connectivity index (χ1n) is 5.15. The largest absolute Gasteiger partial charge is 0.381 e. The molecule has 0 saturated heterocycles. The SMILES string of the molecule is Cc1[nH]c2cc(Br)ccc2c1-c1cc(N)no1. The summed E-state index contributed by atoms with van der Waals surface area (Å²) < 4.78 is 6.26. The van der Waals surface area contributed by atoms with Crippen LogP contribution in [0.1, 0.15) is 5.69 Å². The normalized spacial score (nSPS) is 11.2. The van der Waals surface area contributed by atoms with Crippen molar-refractivity contribution in [3.8, 4) is 11.3 Å². The lowest BCUT2D eigenvalue weighted by Gasteiger charge is -1.95. The summed E-state index contributed by atoms with van der Waals surface area (Å²) in [5.41, 5.74) is 8.68. The van der Waals surface area contributed by atoms with Crippen molar-refractivity contribution in [2.24, 2.45) is 0 Å². The number of fused-ring (bicyclic) bond motifs is 1. The van der Waals surface area contributed by atoms with Gasteiger partial charge in [-0.3, -0.25) is 0 Å². The molecular formula is C12H10BrN3O. The third kappa shape index (κ3) is 1.63. The Bertz CT molecular complexity index is 699. The van der Waals surface area contributed by atoms with Crippen LogP contribution >= 0.6 is 15.9 Å². The Labute approximate surface area is 106 Å². The predicted molar refractivity (Wildman–Crippen MR) is 70.6 cm³/mol. The lowest BCUT2D eigenvalue weighted by atomic mass is 10.1. The lowest BCUT2D eigenvalue weighted by molar-refractivity contribution is 0.436. The molecule has 0 unspecified atom stereocenters.